The average molecular weight is 318 g/mol. The number of aliphatic hydroxyl groups excluding tert-OH is 3. The molecule has 8 heteroatoms. The Morgan fingerprint density at radius 2 is 1.89 bits per heavy atom. The molecule has 3 atom stereocenters. The number of hydrogen-bond acceptors (Lipinski definition) is 7. The maximum Gasteiger partial charge on any atom is 0.154 e. The van der Waals surface area contributed by atoms with Crippen LogP contribution in [0.25, 0.3) is 0 Å². The smallest absolute Gasteiger partial charge is 0.154 e. The molecule has 0 saturated carbocycles. The third kappa shape index (κ3) is 14.6. The number of thioether (sulfide) groups is 1. The molecule has 19 heavy (non-hydrogen) atoms. The van der Waals surface area contributed by atoms with Gasteiger partial charge in [0.1, 0.15) is 11.8 Å². The van der Waals surface area contributed by atoms with Crippen molar-refractivity contribution >= 4 is 23.4 Å². The van der Waals surface area contributed by atoms with E-state index in [1.165, 1.54) is 0 Å². The van der Waals surface area contributed by atoms with Gasteiger partial charge in [-0.1, -0.05) is 11.6 Å². The Labute approximate surface area is 123 Å². The lowest BCUT2D eigenvalue weighted by molar-refractivity contribution is -0.118. The summed E-state index contributed by atoms with van der Waals surface area (Å²) in [6.07, 6.45) is 1.04. The van der Waals surface area contributed by atoms with Gasteiger partial charge in [-0.3, -0.25) is 5.32 Å². The molecule has 6 nitrogen and oxygen atoms in total. The van der Waals surface area contributed by atoms with Crippen LogP contribution in [0.2, 0.25) is 0 Å². The fourth-order valence-corrected chi connectivity index (χ4v) is 1.78. The first-order chi connectivity index (χ1) is 9.06. The molecular formula is C11H24ClNO5S. The molecule has 0 aromatic carbocycles. The molecule has 0 amide bonds. The molecule has 0 aliphatic carbocycles. The second-order valence-electron chi connectivity index (χ2n) is 3.87. The van der Waals surface area contributed by atoms with Crippen LogP contribution in [0.3, 0.4) is 0 Å². The van der Waals surface area contributed by atoms with E-state index in [-0.39, 0.29) is 19.4 Å². The van der Waals surface area contributed by atoms with Crippen molar-refractivity contribution in [1.29, 1.82) is 0 Å². The molecule has 0 aliphatic rings. The second-order valence-corrected chi connectivity index (χ2v) is 5.29. The SMILES string of the molecule is CSCC(O)NCCOCCOC(O)CCC(O)Cl. The molecule has 3 unspecified atom stereocenters. The Bertz CT molecular complexity index is 202. The van der Waals surface area contributed by atoms with Crippen molar-refractivity contribution < 1.29 is 24.8 Å². The van der Waals surface area contributed by atoms with Crippen molar-refractivity contribution in [2.24, 2.45) is 0 Å². The first kappa shape index (κ1) is 19.4. The van der Waals surface area contributed by atoms with E-state index in [0.29, 0.717) is 25.5 Å². The Morgan fingerprint density at radius 3 is 2.53 bits per heavy atom. The lowest BCUT2D eigenvalue weighted by Gasteiger charge is -2.13. The Kier molecular flexibility index (Phi) is 13.7. The van der Waals surface area contributed by atoms with Crippen molar-refractivity contribution in [3.05, 3.63) is 0 Å². The van der Waals surface area contributed by atoms with Gasteiger partial charge in [0, 0.05) is 18.7 Å². The minimum atomic E-state index is -0.951. The highest BCUT2D eigenvalue weighted by atomic mass is 35.5. The highest BCUT2D eigenvalue weighted by Crippen LogP contribution is 2.05. The van der Waals surface area contributed by atoms with Crippen molar-refractivity contribution in [1.82, 2.24) is 5.32 Å². The molecule has 0 fully saturated rings. The third-order valence-electron chi connectivity index (χ3n) is 2.14. The first-order valence-electron chi connectivity index (χ1n) is 6.16. The maximum absolute atomic E-state index is 9.35. The van der Waals surface area contributed by atoms with Gasteiger partial charge < -0.3 is 24.8 Å². The van der Waals surface area contributed by atoms with E-state index in [0.717, 1.165) is 0 Å². The van der Waals surface area contributed by atoms with Crippen LogP contribution >= 0.6 is 23.4 Å². The largest absolute Gasteiger partial charge is 0.378 e. The van der Waals surface area contributed by atoms with E-state index in [2.05, 4.69) is 5.32 Å². The molecule has 116 valence electrons. The summed E-state index contributed by atoms with van der Waals surface area (Å²) in [5.74, 6) is 0.641. The first-order valence-corrected chi connectivity index (χ1v) is 7.99. The molecule has 0 spiro atoms. The van der Waals surface area contributed by atoms with E-state index >= 15 is 0 Å². The monoisotopic (exact) mass is 317 g/mol. The standard InChI is InChI=1S/C11H24ClNO5S/c1-19-8-10(15)13-4-5-17-6-7-18-11(16)3-2-9(12)14/h9-11,13-16H,2-8H2,1H3. The Hall–Kier alpha value is 0.400. The summed E-state index contributed by atoms with van der Waals surface area (Å²) < 4.78 is 10.3. The topological polar surface area (TPSA) is 91.2 Å². The van der Waals surface area contributed by atoms with Gasteiger partial charge in [0.05, 0.1) is 19.8 Å². The normalized spacial score (nSPS) is 16.3. The molecule has 0 heterocycles. The van der Waals surface area contributed by atoms with Gasteiger partial charge in [-0.15, -0.1) is 0 Å². The molecule has 0 bridgehead atoms. The summed E-state index contributed by atoms with van der Waals surface area (Å²) in [7, 11) is 0. The van der Waals surface area contributed by atoms with Crippen molar-refractivity contribution in [3.8, 4) is 0 Å². The van der Waals surface area contributed by atoms with Crippen LogP contribution in [0.5, 0.6) is 0 Å². The number of ether oxygens (including phenoxy) is 2. The number of halogens is 1. The van der Waals surface area contributed by atoms with Crippen LogP contribution in [0.1, 0.15) is 12.8 Å². The molecule has 0 aliphatic heterocycles. The van der Waals surface area contributed by atoms with Crippen molar-refractivity contribution in [3.63, 3.8) is 0 Å². The summed E-state index contributed by atoms with van der Waals surface area (Å²) in [5.41, 5.74) is -0.951. The second kappa shape index (κ2) is 13.4. The van der Waals surface area contributed by atoms with E-state index in [1.807, 2.05) is 6.26 Å². The van der Waals surface area contributed by atoms with Crippen LogP contribution in [-0.4, -0.2) is 71.8 Å². The van der Waals surface area contributed by atoms with Crippen LogP contribution in [0.15, 0.2) is 0 Å². The third-order valence-corrected chi connectivity index (χ3v) is 3.01. The Morgan fingerprint density at radius 1 is 1.16 bits per heavy atom. The van der Waals surface area contributed by atoms with E-state index < -0.39 is 18.1 Å². The minimum Gasteiger partial charge on any atom is -0.378 e. The van der Waals surface area contributed by atoms with Gasteiger partial charge in [0.2, 0.25) is 0 Å². The van der Waals surface area contributed by atoms with E-state index in [9.17, 15) is 10.2 Å². The Balaban J connectivity index is 3.22. The number of alkyl halides is 1. The lowest BCUT2D eigenvalue weighted by atomic mass is 10.3. The zero-order chi connectivity index (χ0) is 14.5. The number of rotatable bonds is 13. The summed E-state index contributed by atoms with van der Waals surface area (Å²) in [6, 6.07) is 0. The fraction of sp³-hybridized carbons (Fsp3) is 1.00. The van der Waals surface area contributed by atoms with Gasteiger partial charge in [-0.25, -0.2) is 0 Å². The van der Waals surface area contributed by atoms with Crippen molar-refractivity contribution in [2.75, 3.05) is 38.4 Å². The predicted octanol–water partition coefficient (Wildman–Crippen LogP) is -0.0536. The molecule has 0 radical (unpaired) electrons. The van der Waals surface area contributed by atoms with E-state index in [4.69, 9.17) is 26.2 Å². The highest BCUT2D eigenvalue weighted by Gasteiger charge is 2.07. The quantitative estimate of drug-likeness (QED) is 0.215. The zero-order valence-electron chi connectivity index (χ0n) is 11.1. The molecule has 0 aromatic heterocycles. The number of nitrogens with one attached hydrogen (secondary N) is 1. The summed E-state index contributed by atoms with van der Waals surface area (Å²) in [6.45, 7) is 1.65. The van der Waals surface area contributed by atoms with E-state index in [1.54, 1.807) is 11.8 Å². The van der Waals surface area contributed by atoms with Crippen LogP contribution < -0.4 is 5.32 Å². The van der Waals surface area contributed by atoms with Crippen molar-refractivity contribution in [2.45, 2.75) is 30.9 Å². The number of hydrogen-bond donors (Lipinski definition) is 4. The number of aliphatic hydroxyl groups is 3. The predicted molar refractivity (Wildman–Crippen MR) is 76.3 cm³/mol. The minimum absolute atomic E-state index is 0.271. The lowest BCUT2D eigenvalue weighted by Crippen LogP contribution is -2.33. The highest BCUT2D eigenvalue weighted by molar-refractivity contribution is 7.98. The fourth-order valence-electron chi connectivity index (χ4n) is 1.22. The van der Waals surface area contributed by atoms with Crippen LogP contribution in [-0.2, 0) is 9.47 Å². The summed E-state index contributed by atoms with van der Waals surface area (Å²) >= 11 is 6.89. The summed E-state index contributed by atoms with van der Waals surface area (Å²) in [5, 5.41) is 30.4. The van der Waals surface area contributed by atoms with Gasteiger partial charge in [-0.2, -0.15) is 11.8 Å². The molecule has 4 N–H and O–H groups in total. The maximum atomic E-state index is 9.35. The van der Waals surface area contributed by atoms with Gasteiger partial charge in [0.25, 0.3) is 0 Å². The summed E-state index contributed by atoms with van der Waals surface area (Å²) in [4.78, 5) is 0. The van der Waals surface area contributed by atoms with Gasteiger partial charge in [-0.05, 0) is 12.7 Å². The average Bonchev–Trinajstić information content (AvgIpc) is 2.35. The zero-order valence-corrected chi connectivity index (χ0v) is 12.7. The molecule has 0 rings (SSSR count). The van der Waals surface area contributed by atoms with Gasteiger partial charge >= 0.3 is 0 Å². The van der Waals surface area contributed by atoms with Gasteiger partial charge in [0.15, 0.2) is 6.29 Å². The van der Waals surface area contributed by atoms with Crippen LogP contribution in [0.4, 0.5) is 0 Å². The molecule has 0 aromatic rings. The molecule has 0 saturated heterocycles. The molecular weight excluding hydrogens is 294 g/mol. The van der Waals surface area contributed by atoms with Crippen LogP contribution in [0, 0.1) is 0 Å².